The van der Waals surface area contributed by atoms with Gasteiger partial charge in [0, 0.05) is 13.2 Å². The number of unbranched alkanes of at least 4 members (excludes halogenated alkanes) is 5. The van der Waals surface area contributed by atoms with Crippen molar-refractivity contribution in [3.63, 3.8) is 0 Å². The second-order valence-electron chi connectivity index (χ2n) is 5.59. The Balaban J connectivity index is 0.000000541. The molecule has 0 saturated heterocycles. The quantitative estimate of drug-likeness (QED) is 0.460. The maximum atomic E-state index is 11.3. The molecule has 148 valence electrons. The molecule has 0 fully saturated rings. The van der Waals surface area contributed by atoms with E-state index in [1.54, 1.807) is 38.1 Å². The van der Waals surface area contributed by atoms with Crippen molar-refractivity contribution in [1.82, 2.24) is 0 Å². The first-order chi connectivity index (χ1) is 12.6. The Morgan fingerprint density at radius 1 is 0.692 bits per heavy atom. The number of aliphatic hydroxyl groups is 2. The zero-order valence-electron chi connectivity index (χ0n) is 15.9. The minimum absolute atomic E-state index is 0.319. The molecule has 0 bridgehead atoms. The van der Waals surface area contributed by atoms with Gasteiger partial charge in [-0.25, -0.2) is 9.59 Å². The van der Waals surface area contributed by atoms with Gasteiger partial charge in [-0.3, -0.25) is 0 Å². The molecule has 0 radical (unpaired) electrons. The predicted octanol–water partition coefficient (Wildman–Crippen LogP) is 3.35. The Morgan fingerprint density at radius 3 is 1.27 bits per heavy atom. The van der Waals surface area contributed by atoms with Crippen LogP contribution in [-0.2, 0) is 9.47 Å². The summed E-state index contributed by atoms with van der Waals surface area (Å²) in [6.45, 7) is 4.78. The van der Waals surface area contributed by atoms with Crippen LogP contribution < -0.4 is 0 Å². The molecular weight excluding hydrogens is 336 g/mol. The first-order valence-corrected chi connectivity index (χ1v) is 9.26. The van der Waals surface area contributed by atoms with Gasteiger partial charge in [0.2, 0.25) is 0 Å². The smallest absolute Gasteiger partial charge is 0.338 e. The van der Waals surface area contributed by atoms with E-state index in [9.17, 15) is 9.59 Å². The lowest BCUT2D eigenvalue weighted by Crippen LogP contribution is -2.07. The van der Waals surface area contributed by atoms with Crippen molar-refractivity contribution in [3.8, 4) is 0 Å². The lowest BCUT2D eigenvalue weighted by Gasteiger charge is -2.03. The van der Waals surface area contributed by atoms with E-state index in [2.05, 4.69) is 0 Å². The van der Waals surface area contributed by atoms with E-state index in [0.717, 1.165) is 25.7 Å². The predicted molar refractivity (Wildman–Crippen MR) is 100 cm³/mol. The average molecular weight is 368 g/mol. The second-order valence-corrected chi connectivity index (χ2v) is 5.59. The van der Waals surface area contributed by atoms with Gasteiger partial charge in [-0.1, -0.05) is 25.7 Å². The van der Waals surface area contributed by atoms with Crippen LogP contribution in [-0.4, -0.2) is 48.6 Å². The number of carbonyl (C=O) groups excluding carboxylic acids is 2. The molecule has 26 heavy (non-hydrogen) atoms. The van der Waals surface area contributed by atoms with Crippen LogP contribution in [0.2, 0.25) is 0 Å². The molecule has 0 amide bonds. The Hall–Kier alpha value is -1.92. The third kappa shape index (κ3) is 11.6. The topological polar surface area (TPSA) is 93.1 Å². The molecule has 0 unspecified atom stereocenters. The van der Waals surface area contributed by atoms with Gasteiger partial charge in [0.25, 0.3) is 0 Å². The molecule has 0 aliphatic rings. The normalized spacial score (nSPS) is 9.85. The Labute approximate surface area is 156 Å². The fourth-order valence-corrected chi connectivity index (χ4v) is 2.10. The highest BCUT2D eigenvalue weighted by atomic mass is 16.5. The minimum atomic E-state index is -0.391. The number of ether oxygens (including phenoxy) is 2. The molecule has 0 spiro atoms. The van der Waals surface area contributed by atoms with Gasteiger partial charge in [0.1, 0.15) is 0 Å². The molecule has 0 aromatic heterocycles. The molecule has 2 N–H and O–H groups in total. The largest absolute Gasteiger partial charge is 0.462 e. The van der Waals surface area contributed by atoms with Crippen LogP contribution in [0.1, 0.15) is 73.1 Å². The lowest BCUT2D eigenvalue weighted by atomic mass is 10.1. The first-order valence-electron chi connectivity index (χ1n) is 9.26. The standard InChI is InChI=1S/C12H14O4.C8H18O2/c1-3-15-11(13)9-5-7-10(8-6-9)12(14)16-4-2;9-7-5-3-1-2-4-6-8-10/h5-8H,3-4H2,1-2H3;9-10H,1-8H2. The van der Waals surface area contributed by atoms with Gasteiger partial charge in [-0.2, -0.15) is 0 Å². The van der Waals surface area contributed by atoms with Gasteiger partial charge in [-0.05, 0) is 51.0 Å². The fourth-order valence-electron chi connectivity index (χ4n) is 2.10. The maximum Gasteiger partial charge on any atom is 0.338 e. The van der Waals surface area contributed by atoms with Gasteiger partial charge in [-0.15, -0.1) is 0 Å². The van der Waals surface area contributed by atoms with Crippen molar-refractivity contribution in [2.45, 2.75) is 52.4 Å². The van der Waals surface area contributed by atoms with E-state index < -0.39 is 11.9 Å². The summed E-state index contributed by atoms with van der Waals surface area (Å²) in [5.74, 6) is -0.782. The zero-order chi connectivity index (χ0) is 19.6. The van der Waals surface area contributed by atoms with Gasteiger partial charge in [0.05, 0.1) is 24.3 Å². The van der Waals surface area contributed by atoms with Crippen LogP contribution in [0.3, 0.4) is 0 Å². The number of esters is 2. The molecule has 0 aliphatic carbocycles. The molecule has 1 aromatic rings. The number of hydrogen-bond acceptors (Lipinski definition) is 6. The average Bonchev–Trinajstić information content (AvgIpc) is 2.66. The molecule has 1 aromatic carbocycles. The number of benzene rings is 1. The van der Waals surface area contributed by atoms with Crippen LogP contribution in [0.15, 0.2) is 24.3 Å². The summed E-state index contributed by atoms with van der Waals surface area (Å²) < 4.78 is 9.64. The van der Waals surface area contributed by atoms with E-state index in [1.165, 1.54) is 12.8 Å². The molecule has 1 rings (SSSR count). The van der Waals surface area contributed by atoms with Gasteiger partial charge in [0.15, 0.2) is 0 Å². The van der Waals surface area contributed by atoms with Crippen LogP contribution in [0, 0.1) is 0 Å². The minimum Gasteiger partial charge on any atom is -0.462 e. The van der Waals surface area contributed by atoms with Crippen LogP contribution in [0.5, 0.6) is 0 Å². The van der Waals surface area contributed by atoms with Crippen molar-refractivity contribution in [1.29, 1.82) is 0 Å². The van der Waals surface area contributed by atoms with Crippen molar-refractivity contribution >= 4 is 11.9 Å². The number of rotatable bonds is 11. The third-order valence-corrected chi connectivity index (χ3v) is 3.47. The highest BCUT2D eigenvalue weighted by molar-refractivity contribution is 5.93. The Morgan fingerprint density at radius 2 is 1.00 bits per heavy atom. The van der Waals surface area contributed by atoms with E-state index in [-0.39, 0.29) is 0 Å². The Bertz CT molecular complexity index is 439. The number of hydrogen-bond donors (Lipinski definition) is 2. The molecule has 6 heteroatoms. The summed E-state index contributed by atoms with van der Waals surface area (Å²) in [4.78, 5) is 22.6. The van der Waals surface area contributed by atoms with Crippen LogP contribution >= 0.6 is 0 Å². The number of carbonyl (C=O) groups is 2. The van der Waals surface area contributed by atoms with Crippen LogP contribution in [0.25, 0.3) is 0 Å². The van der Waals surface area contributed by atoms with E-state index in [1.807, 2.05) is 0 Å². The van der Waals surface area contributed by atoms with Gasteiger partial charge >= 0.3 is 11.9 Å². The van der Waals surface area contributed by atoms with Crippen molar-refractivity contribution in [2.24, 2.45) is 0 Å². The summed E-state index contributed by atoms with van der Waals surface area (Å²) in [6.07, 6.45) is 6.50. The summed E-state index contributed by atoms with van der Waals surface area (Å²) in [5, 5.41) is 16.9. The SMILES string of the molecule is CCOC(=O)c1ccc(C(=O)OCC)cc1.OCCCCCCCCO. The van der Waals surface area contributed by atoms with Crippen molar-refractivity contribution in [2.75, 3.05) is 26.4 Å². The van der Waals surface area contributed by atoms with Crippen LogP contribution in [0.4, 0.5) is 0 Å². The van der Waals surface area contributed by atoms with E-state index in [0.29, 0.717) is 37.6 Å². The molecule has 0 aliphatic heterocycles. The number of aliphatic hydroxyl groups excluding tert-OH is 2. The highest BCUT2D eigenvalue weighted by Gasteiger charge is 2.09. The highest BCUT2D eigenvalue weighted by Crippen LogP contribution is 2.07. The lowest BCUT2D eigenvalue weighted by molar-refractivity contribution is 0.0511. The molecule has 0 heterocycles. The summed E-state index contributed by atoms with van der Waals surface area (Å²) >= 11 is 0. The second kappa shape index (κ2) is 16.5. The van der Waals surface area contributed by atoms with Crippen molar-refractivity contribution in [3.05, 3.63) is 35.4 Å². The zero-order valence-corrected chi connectivity index (χ0v) is 15.9. The fraction of sp³-hybridized carbons (Fsp3) is 0.600. The molecular formula is C20H32O6. The third-order valence-electron chi connectivity index (χ3n) is 3.47. The van der Waals surface area contributed by atoms with E-state index >= 15 is 0 Å². The first kappa shape index (κ1) is 24.1. The molecule has 0 saturated carbocycles. The van der Waals surface area contributed by atoms with Gasteiger partial charge < -0.3 is 19.7 Å². The van der Waals surface area contributed by atoms with E-state index in [4.69, 9.17) is 19.7 Å². The Kier molecular flexibility index (Phi) is 15.3. The maximum absolute atomic E-state index is 11.3. The molecule has 6 nitrogen and oxygen atoms in total. The summed E-state index contributed by atoms with van der Waals surface area (Å²) in [5.41, 5.74) is 0.852. The van der Waals surface area contributed by atoms with Crippen molar-refractivity contribution < 1.29 is 29.3 Å². The molecule has 0 atom stereocenters. The summed E-state index contributed by atoms with van der Waals surface area (Å²) in [7, 11) is 0. The monoisotopic (exact) mass is 368 g/mol. The summed E-state index contributed by atoms with van der Waals surface area (Å²) in [6, 6.07) is 6.18.